The normalized spacial score (nSPS) is 11.3. The van der Waals surface area contributed by atoms with Crippen molar-refractivity contribution >= 4 is 27.5 Å². The molecule has 2 aromatic rings. The third-order valence-corrected chi connectivity index (χ3v) is 5.84. The first-order valence-corrected chi connectivity index (χ1v) is 9.76. The average Bonchev–Trinajstić information content (AvgIpc) is 2.62. The maximum atomic E-state index is 12.8. The van der Waals surface area contributed by atoms with Crippen LogP contribution in [0.15, 0.2) is 42.5 Å². The maximum absolute atomic E-state index is 12.8. The molecular weight excluding hydrogens is 366 g/mol. The third-order valence-electron chi connectivity index (χ3n) is 4.03. The van der Waals surface area contributed by atoms with Crippen molar-refractivity contribution in [2.24, 2.45) is 0 Å². The van der Waals surface area contributed by atoms with Gasteiger partial charge in [0.2, 0.25) is 5.91 Å². The Labute approximate surface area is 160 Å². The molecule has 8 heteroatoms. The monoisotopic (exact) mass is 391 g/mol. The van der Waals surface area contributed by atoms with E-state index in [1.807, 2.05) is 26.0 Å². The van der Waals surface area contributed by atoms with Crippen LogP contribution >= 0.6 is 0 Å². The summed E-state index contributed by atoms with van der Waals surface area (Å²) >= 11 is 0. The molecular formula is C19H25N3O4S. The summed E-state index contributed by atoms with van der Waals surface area (Å²) in [6.45, 7) is 3.35. The van der Waals surface area contributed by atoms with Crippen molar-refractivity contribution in [3.8, 4) is 5.75 Å². The van der Waals surface area contributed by atoms with Crippen molar-refractivity contribution in [3.05, 3.63) is 53.6 Å². The van der Waals surface area contributed by atoms with Gasteiger partial charge in [0, 0.05) is 19.8 Å². The van der Waals surface area contributed by atoms with E-state index in [0.29, 0.717) is 17.1 Å². The lowest BCUT2D eigenvalue weighted by Crippen LogP contribution is -2.44. The minimum absolute atomic E-state index is 0.336. The van der Waals surface area contributed by atoms with Crippen molar-refractivity contribution in [1.29, 1.82) is 0 Å². The molecule has 0 atom stereocenters. The topological polar surface area (TPSA) is 79.0 Å². The average molecular weight is 391 g/mol. The number of nitrogens with zero attached hydrogens (tertiary/aromatic N) is 2. The Balaban J connectivity index is 2.31. The lowest BCUT2D eigenvalue weighted by atomic mass is 10.1. The van der Waals surface area contributed by atoms with Crippen LogP contribution < -0.4 is 14.4 Å². The maximum Gasteiger partial charge on any atom is 0.304 e. The van der Waals surface area contributed by atoms with E-state index in [4.69, 9.17) is 4.74 Å². The highest BCUT2D eigenvalue weighted by molar-refractivity contribution is 7.90. The minimum atomic E-state index is -3.84. The predicted octanol–water partition coefficient (Wildman–Crippen LogP) is 2.56. The molecule has 0 aromatic heterocycles. The Bertz CT molecular complexity index is 909. The molecule has 2 rings (SSSR count). The van der Waals surface area contributed by atoms with E-state index in [-0.39, 0.29) is 6.54 Å². The lowest BCUT2D eigenvalue weighted by molar-refractivity contribution is -0.114. The number of carbonyl (C=O) groups excluding carboxylic acids is 1. The molecule has 1 N–H and O–H groups in total. The van der Waals surface area contributed by atoms with Crippen LogP contribution in [0.25, 0.3) is 0 Å². The second-order valence-corrected chi connectivity index (χ2v) is 8.43. The summed E-state index contributed by atoms with van der Waals surface area (Å²) in [5, 5.41) is 2.72. The van der Waals surface area contributed by atoms with Gasteiger partial charge < -0.3 is 10.1 Å². The number of anilines is 2. The van der Waals surface area contributed by atoms with Crippen LogP contribution in [-0.2, 0) is 15.0 Å². The van der Waals surface area contributed by atoms with Gasteiger partial charge in [-0.05, 0) is 55.3 Å². The number of carbonyl (C=O) groups is 1. The molecule has 146 valence electrons. The highest BCUT2D eigenvalue weighted by Gasteiger charge is 2.28. The molecule has 0 spiro atoms. The molecule has 0 saturated carbocycles. The number of nitrogens with one attached hydrogen (secondary N) is 1. The molecule has 0 heterocycles. The minimum Gasteiger partial charge on any atom is -0.497 e. The summed E-state index contributed by atoms with van der Waals surface area (Å²) in [4.78, 5) is 12.5. The molecule has 0 aliphatic carbocycles. The molecule has 1 amide bonds. The molecule has 0 fully saturated rings. The van der Waals surface area contributed by atoms with Gasteiger partial charge in [-0.15, -0.1) is 0 Å². The quantitative estimate of drug-likeness (QED) is 0.787. The largest absolute Gasteiger partial charge is 0.497 e. The van der Waals surface area contributed by atoms with Crippen molar-refractivity contribution in [2.45, 2.75) is 13.8 Å². The predicted molar refractivity (Wildman–Crippen MR) is 107 cm³/mol. The number of rotatable bonds is 7. The summed E-state index contributed by atoms with van der Waals surface area (Å²) in [5.41, 5.74) is 2.71. The lowest BCUT2D eigenvalue weighted by Gasteiger charge is -2.28. The summed E-state index contributed by atoms with van der Waals surface area (Å²) in [6.07, 6.45) is 0. The van der Waals surface area contributed by atoms with Crippen molar-refractivity contribution < 1.29 is 17.9 Å². The van der Waals surface area contributed by atoms with Gasteiger partial charge in [-0.3, -0.25) is 4.79 Å². The van der Waals surface area contributed by atoms with E-state index in [2.05, 4.69) is 5.32 Å². The number of hydrogen-bond acceptors (Lipinski definition) is 4. The number of ether oxygens (including phenoxy) is 1. The summed E-state index contributed by atoms with van der Waals surface area (Å²) < 4.78 is 32.9. The van der Waals surface area contributed by atoms with Gasteiger partial charge >= 0.3 is 10.2 Å². The molecule has 0 unspecified atom stereocenters. The fourth-order valence-electron chi connectivity index (χ4n) is 2.48. The van der Waals surface area contributed by atoms with Crippen LogP contribution in [0.3, 0.4) is 0 Å². The van der Waals surface area contributed by atoms with E-state index < -0.39 is 16.1 Å². The van der Waals surface area contributed by atoms with Crippen LogP contribution in [0.5, 0.6) is 5.75 Å². The second kappa shape index (κ2) is 8.41. The number of aryl methyl sites for hydroxylation is 2. The van der Waals surface area contributed by atoms with E-state index in [0.717, 1.165) is 19.7 Å². The molecule has 27 heavy (non-hydrogen) atoms. The molecule has 0 radical (unpaired) electrons. The van der Waals surface area contributed by atoms with E-state index >= 15 is 0 Å². The summed E-state index contributed by atoms with van der Waals surface area (Å²) in [6, 6.07) is 12.3. The van der Waals surface area contributed by atoms with E-state index in [9.17, 15) is 13.2 Å². The van der Waals surface area contributed by atoms with Gasteiger partial charge in [0.1, 0.15) is 12.3 Å². The molecule has 7 nitrogen and oxygen atoms in total. The fraction of sp³-hybridized carbons (Fsp3) is 0.316. The Hall–Kier alpha value is -2.58. The molecule has 0 bridgehead atoms. The van der Waals surface area contributed by atoms with Crippen LogP contribution in [-0.4, -0.2) is 46.4 Å². The zero-order valence-corrected chi connectivity index (χ0v) is 17.0. The summed E-state index contributed by atoms with van der Waals surface area (Å²) in [5.74, 6) is 0.228. The van der Waals surface area contributed by atoms with Gasteiger partial charge in [0.05, 0.1) is 12.8 Å². The SMILES string of the molecule is COc1ccc(NC(=O)CN(c2cc(C)ccc2C)S(=O)(=O)N(C)C)cc1. The van der Waals surface area contributed by atoms with Gasteiger partial charge in [0.15, 0.2) is 0 Å². The number of hydrogen-bond donors (Lipinski definition) is 1. The van der Waals surface area contributed by atoms with Crippen LogP contribution in [0.1, 0.15) is 11.1 Å². The Morgan fingerprint density at radius 3 is 2.26 bits per heavy atom. The number of benzene rings is 2. The van der Waals surface area contributed by atoms with E-state index in [1.165, 1.54) is 14.1 Å². The van der Waals surface area contributed by atoms with Crippen LogP contribution in [0, 0.1) is 13.8 Å². The highest BCUT2D eigenvalue weighted by Crippen LogP contribution is 2.25. The van der Waals surface area contributed by atoms with Gasteiger partial charge in [-0.2, -0.15) is 12.7 Å². The third kappa shape index (κ3) is 4.99. The number of amides is 1. The van der Waals surface area contributed by atoms with Crippen molar-refractivity contribution in [3.63, 3.8) is 0 Å². The zero-order chi connectivity index (χ0) is 20.2. The first kappa shape index (κ1) is 20.7. The first-order valence-electron chi connectivity index (χ1n) is 8.36. The van der Waals surface area contributed by atoms with Gasteiger partial charge in [-0.25, -0.2) is 4.31 Å². The van der Waals surface area contributed by atoms with Crippen molar-refractivity contribution in [1.82, 2.24) is 4.31 Å². The van der Waals surface area contributed by atoms with Crippen LogP contribution in [0.4, 0.5) is 11.4 Å². The van der Waals surface area contributed by atoms with Crippen LogP contribution in [0.2, 0.25) is 0 Å². The Morgan fingerprint density at radius 1 is 1.07 bits per heavy atom. The number of methoxy groups -OCH3 is 1. The first-order chi connectivity index (χ1) is 12.6. The zero-order valence-electron chi connectivity index (χ0n) is 16.2. The Kier molecular flexibility index (Phi) is 6.45. The molecule has 2 aromatic carbocycles. The smallest absolute Gasteiger partial charge is 0.304 e. The molecule has 0 aliphatic rings. The summed E-state index contributed by atoms with van der Waals surface area (Å²) in [7, 11) is 0.592. The second-order valence-electron chi connectivity index (χ2n) is 6.36. The van der Waals surface area contributed by atoms with Crippen molar-refractivity contribution in [2.75, 3.05) is 37.4 Å². The van der Waals surface area contributed by atoms with Gasteiger partial charge in [0.25, 0.3) is 0 Å². The standard InChI is InChI=1S/C19H25N3O4S/c1-14-6-7-15(2)18(12-14)22(27(24,25)21(3)4)13-19(23)20-16-8-10-17(26-5)11-9-16/h6-12H,13H2,1-5H3,(H,20,23). The fourth-order valence-corrected chi connectivity index (χ4v) is 3.60. The van der Waals surface area contributed by atoms with E-state index in [1.54, 1.807) is 37.4 Å². The molecule has 0 saturated heterocycles. The Morgan fingerprint density at radius 2 is 1.70 bits per heavy atom. The van der Waals surface area contributed by atoms with Gasteiger partial charge in [-0.1, -0.05) is 12.1 Å². The highest BCUT2D eigenvalue weighted by atomic mass is 32.2. The molecule has 0 aliphatic heterocycles.